The number of carbonyl (C=O) groups excluding carboxylic acids is 3. The third kappa shape index (κ3) is 2.61. The van der Waals surface area contributed by atoms with Gasteiger partial charge in [-0.3, -0.25) is 19.7 Å². The number of fused-ring (bicyclic) bond motifs is 1. The molecule has 1 aliphatic heterocycles. The molecule has 0 saturated carbocycles. The van der Waals surface area contributed by atoms with E-state index in [9.17, 15) is 24.5 Å². The van der Waals surface area contributed by atoms with Crippen molar-refractivity contribution in [3.8, 4) is 0 Å². The quantitative estimate of drug-likeness (QED) is 0.331. The van der Waals surface area contributed by atoms with Crippen LogP contribution in [-0.4, -0.2) is 34.1 Å². The number of benzene rings is 1. The largest absolute Gasteiger partial charge is 0.303 e. The Balaban J connectivity index is 2.42. The first-order valence-corrected chi connectivity index (χ1v) is 7.07. The van der Waals surface area contributed by atoms with Gasteiger partial charge in [-0.15, -0.1) is 0 Å². The van der Waals surface area contributed by atoms with Gasteiger partial charge in [-0.25, -0.2) is 4.90 Å². The molecule has 1 aliphatic rings. The van der Waals surface area contributed by atoms with Crippen molar-refractivity contribution >= 4 is 18.1 Å². The topological polar surface area (TPSA) is 97.6 Å². The molecule has 0 aromatic heterocycles. The molecule has 7 nitrogen and oxygen atoms in total. The third-order valence-electron chi connectivity index (χ3n) is 3.79. The van der Waals surface area contributed by atoms with Gasteiger partial charge in [-0.1, -0.05) is 25.5 Å². The van der Waals surface area contributed by atoms with Crippen molar-refractivity contribution in [3.63, 3.8) is 0 Å². The van der Waals surface area contributed by atoms with E-state index in [2.05, 4.69) is 0 Å². The van der Waals surface area contributed by atoms with Crippen LogP contribution in [0.2, 0.25) is 0 Å². The molecule has 2 atom stereocenters. The molecule has 22 heavy (non-hydrogen) atoms. The second-order valence-electron chi connectivity index (χ2n) is 5.18. The zero-order chi connectivity index (χ0) is 16.3. The highest BCUT2D eigenvalue weighted by Crippen LogP contribution is 2.29. The Morgan fingerprint density at radius 2 is 1.77 bits per heavy atom. The number of nitrogens with zero attached hydrogens (tertiary/aromatic N) is 2. The van der Waals surface area contributed by atoms with Crippen LogP contribution < -0.4 is 0 Å². The van der Waals surface area contributed by atoms with Crippen molar-refractivity contribution in [1.29, 1.82) is 0 Å². The van der Waals surface area contributed by atoms with Crippen molar-refractivity contribution in [2.45, 2.75) is 32.4 Å². The van der Waals surface area contributed by atoms with Crippen LogP contribution in [0.5, 0.6) is 0 Å². The van der Waals surface area contributed by atoms with E-state index in [1.807, 2.05) is 6.92 Å². The first-order chi connectivity index (χ1) is 10.5. The van der Waals surface area contributed by atoms with E-state index in [1.54, 1.807) is 12.1 Å². The molecule has 7 heteroatoms. The summed E-state index contributed by atoms with van der Waals surface area (Å²) in [5.41, 5.74) is 0.335. The molecule has 116 valence electrons. The summed E-state index contributed by atoms with van der Waals surface area (Å²) in [7, 11) is 0. The van der Waals surface area contributed by atoms with E-state index < -0.39 is 28.8 Å². The number of aldehydes is 1. The minimum atomic E-state index is -1.52. The van der Waals surface area contributed by atoms with Crippen molar-refractivity contribution < 1.29 is 19.3 Å². The number of nitro groups is 1. The van der Waals surface area contributed by atoms with Gasteiger partial charge >= 0.3 is 0 Å². The molecule has 2 rings (SSSR count). The second-order valence-corrected chi connectivity index (χ2v) is 5.18. The molecular formula is C15H16N2O5. The van der Waals surface area contributed by atoms with Gasteiger partial charge in [0.15, 0.2) is 0 Å². The Bertz CT molecular complexity index is 593. The van der Waals surface area contributed by atoms with Crippen molar-refractivity contribution in [2.24, 2.45) is 5.92 Å². The highest BCUT2D eigenvalue weighted by atomic mass is 16.6. The molecule has 0 saturated heterocycles. The van der Waals surface area contributed by atoms with Gasteiger partial charge in [0, 0.05) is 11.3 Å². The van der Waals surface area contributed by atoms with Crippen LogP contribution in [0.1, 0.15) is 46.9 Å². The first-order valence-electron chi connectivity index (χ1n) is 7.07. The lowest BCUT2D eigenvalue weighted by molar-refractivity contribution is -0.551. The van der Waals surface area contributed by atoms with E-state index in [0.29, 0.717) is 24.0 Å². The normalized spacial score (nSPS) is 16.3. The van der Waals surface area contributed by atoms with E-state index >= 15 is 0 Å². The third-order valence-corrected chi connectivity index (χ3v) is 3.79. The first kappa shape index (κ1) is 15.8. The summed E-state index contributed by atoms with van der Waals surface area (Å²) in [6.07, 6.45) is 0.0173. The van der Waals surface area contributed by atoms with Gasteiger partial charge in [-0.05, 0) is 18.6 Å². The Kier molecular flexibility index (Phi) is 4.65. The summed E-state index contributed by atoms with van der Waals surface area (Å²) in [5, 5.41) is 11.5. The van der Waals surface area contributed by atoms with Crippen molar-refractivity contribution in [1.82, 2.24) is 4.90 Å². The van der Waals surface area contributed by atoms with Gasteiger partial charge in [0.05, 0.1) is 17.0 Å². The molecule has 1 aromatic rings. The molecule has 0 fully saturated rings. The SMILES string of the molecule is CCC[C@H](CC=O)[C@H](N1C(=O)c2ccccc2C1=O)[N+](=O)[O-]. The molecule has 0 aliphatic carbocycles. The molecular weight excluding hydrogens is 288 g/mol. The lowest BCUT2D eigenvalue weighted by Crippen LogP contribution is -2.49. The maximum Gasteiger partial charge on any atom is 0.299 e. The summed E-state index contributed by atoms with van der Waals surface area (Å²) in [5.74, 6) is -2.02. The lowest BCUT2D eigenvalue weighted by atomic mass is 9.96. The molecule has 0 N–H and O–H groups in total. The number of carbonyl (C=O) groups is 3. The van der Waals surface area contributed by atoms with Crippen LogP contribution >= 0.6 is 0 Å². The second kappa shape index (κ2) is 6.46. The highest BCUT2D eigenvalue weighted by molar-refractivity contribution is 6.21. The predicted molar refractivity (Wildman–Crippen MR) is 76.8 cm³/mol. The fourth-order valence-electron chi connectivity index (χ4n) is 2.81. The highest BCUT2D eigenvalue weighted by Gasteiger charge is 2.48. The molecule has 0 unspecified atom stereocenters. The molecule has 1 heterocycles. The van der Waals surface area contributed by atoms with Crippen LogP contribution in [0.15, 0.2) is 24.3 Å². The van der Waals surface area contributed by atoms with E-state index in [4.69, 9.17) is 0 Å². The van der Waals surface area contributed by atoms with Gasteiger partial charge in [0.1, 0.15) is 6.29 Å². The molecule has 0 radical (unpaired) electrons. The summed E-state index contributed by atoms with van der Waals surface area (Å²) < 4.78 is 0. The van der Waals surface area contributed by atoms with Gasteiger partial charge in [0.2, 0.25) is 0 Å². The Hall–Kier alpha value is -2.57. The van der Waals surface area contributed by atoms with Crippen LogP contribution in [0.4, 0.5) is 0 Å². The summed E-state index contributed by atoms with van der Waals surface area (Å²) in [4.78, 5) is 47.1. The van der Waals surface area contributed by atoms with Crippen LogP contribution in [-0.2, 0) is 4.79 Å². The van der Waals surface area contributed by atoms with E-state index in [1.165, 1.54) is 12.1 Å². The lowest BCUT2D eigenvalue weighted by Gasteiger charge is -2.25. The average Bonchev–Trinajstić information content (AvgIpc) is 2.73. The van der Waals surface area contributed by atoms with Gasteiger partial charge in [-0.2, -0.15) is 0 Å². The molecule has 0 bridgehead atoms. The minimum absolute atomic E-state index is 0.0626. The zero-order valence-electron chi connectivity index (χ0n) is 12.1. The van der Waals surface area contributed by atoms with Gasteiger partial charge < -0.3 is 4.79 Å². The number of hydrogen-bond donors (Lipinski definition) is 0. The smallest absolute Gasteiger partial charge is 0.299 e. The van der Waals surface area contributed by atoms with Crippen LogP contribution in [0, 0.1) is 16.0 Å². The van der Waals surface area contributed by atoms with E-state index in [0.717, 1.165) is 0 Å². The number of amides is 2. The van der Waals surface area contributed by atoms with Gasteiger partial charge in [0.25, 0.3) is 18.0 Å². The zero-order valence-corrected chi connectivity index (χ0v) is 12.1. The minimum Gasteiger partial charge on any atom is -0.303 e. The maximum absolute atomic E-state index is 12.4. The van der Waals surface area contributed by atoms with Crippen LogP contribution in [0.25, 0.3) is 0 Å². The molecule has 0 spiro atoms. The van der Waals surface area contributed by atoms with Crippen molar-refractivity contribution in [3.05, 3.63) is 45.5 Å². The number of hydrogen-bond acceptors (Lipinski definition) is 5. The predicted octanol–water partition coefficient (Wildman–Crippen LogP) is 1.89. The monoisotopic (exact) mass is 304 g/mol. The molecule has 1 aromatic carbocycles. The Labute approximate surface area is 127 Å². The summed E-state index contributed by atoms with van der Waals surface area (Å²) in [6.45, 7) is 1.83. The fourth-order valence-corrected chi connectivity index (χ4v) is 2.81. The number of rotatable bonds is 7. The van der Waals surface area contributed by atoms with E-state index in [-0.39, 0.29) is 17.5 Å². The summed E-state index contributed by atoms with van der Waals surface area (Å²) >= 11 is 0. The number of imide groups is 1. The van der Waals surface area contributed by atoms with Crippen LogP contribution in [0.3, 0.4) is 0 Å². The average molecular weight is 304 g/mol. The standard InChI is InChI=1S/C15H16N2O5/c1-2-5-10(8-9-18)13(17(21)22)16-14(19)11-6-3-4-7-12(11)15(16)20/h3-4,6-7,9-10,13H,2,5,8H2,1H3/t10-,13-/m1/s1. The summed E-state index contributed by atoms with van der Waals surface area (Å²) in [6, 6.07) is 6.15. The van der Waals surface area contributed by atoms with Crippen molar-refractivity contribution in [2.75, 3.05) is 0 Å². The Morgan fingerprint density at radius 3 is 2.18 bits per heavy atom. The molecule has 2 amide bonds. The Morgan fingerprint density at radius 1 is 1.23 bits per heavy atom. The maximum atomic E-state index is 12.4. The fraction of sp³-hybridized carbons (Fsp3) is 0.400.